The first-order valence-electron chi connectivity index (χ1n) is 9.26. The fraction of sp³-hybridized carbons (Fsp3) is 0.333. The second kappa shape index (κ2) is 7.80. The average Bonchev–Trinajstić information content (AvgIpc) is 2.98. The Bertz CT molecular complexity index is 990. The number of nitrogens with zero attached hydrogens (tertiary/aromatic N) is 1. The van der Waals surface area contributed by atoms with Crippen LogP contribution in [-0.4, -0.2) is 29.0 Å². The van der Waals surface area contributed by atoms with E-state index < -0.39 is 6.04 Å². The lowest BCUT2D eigenvalue weighted by atomic mass is 10.1. The molecule has 6 heteroatoms. The monoisotopic (exact) mass is 366 g/mol. The Balaban J connectivity index is 1.77. The molecule has 0 fully saturated rings. The number of carbonyl (C=O) groups excluding carboxylic acids is 2. The SMILES string of the molecule is CCn1c2ccccc2c2cc(NC(=O)CNC(=O)[C@@H](N)C(C)C)ccc21. The Labute approximate surface area is 158 Å². The van der Waals surface area contributed by atoms with Crippen molar-refractivity contribution in [2.75, 3.05) is 11.9 Å². The van der Waals surface area contributed by atoms with Crippen LogP contribution in [0.5, 0.6) is 0 Å². The molecule has 0 unspecified atom stereocenters. The van der Waals surface area contributed by atoms with Crippen LogP contribution in [0, 0.1) is 5.92 Å². The molecule has 4 N–H and O–H groups in total. The highest BCUT2D eigenvalue weighted by Crippen LogP contribution is 2.30. The Hall–Kier alpha value is -2.86. The van der Waals surface area contributed by atoms with Gasteiger partial charge in [-0.05, 0) is 37.1 Å². The third-order valence-electron chi connectivity index (χ3n) is 4.82. The number of fused-ring (bicyclic) bond motifs is 3. The van der Waals surface area contributed by atoms with Gasteiger partial charge in [0.15, 0.2) is 0 Å². The highest BCUT2D eigenvalue weighted by molar-refractivity contribution is 6.10. The summed E-state index contributed by atoms with van der Waals surface area (Å²) in [5.74, 6) is -0.578. The minimum absolute atomic E-state index is 0.0198. The molecule has 1 atom stereocenters. The molecule has 0 aliphatic heterocycles. The average molecular weight is 366 g/mol. The molecule has 0 radical (unpaired) electrons. The first-order chi connectivity index (χ1) is 12.9. The van der Waals surface area contributed by atoms with E-state index >= 15 is 0 Å². The van der Waals surface area contributed by atoms with E-state index in [2.05, 4.69) is 34.3 Å². The molecule has 6 nitrogen and oxygen atoms in total. The topological polar surface area (TPSA) is 89.2 Å². The van der Waals surface area contributed by atoms with Crippen LogP contribution < -0.4 is 16.4 Å². The van der Waals surface area contributed by atoms with Gasteiger partial charge in [-0.25, -0.2) is 0 Å². The van der Waals surface area contributed by atoms with Crippen molar-refractivity contribution >= 4 is 39.3 Å². The fourth-order valence-corrected chi connectivity index (χ4v) is 3.27. The third-order valence-corrected chi connectivity index (χ3v) is 4.82. The number of rotatable bonds is 6. The Kier molecular flexibility index (Phi) is 5.46. The molecule has 1 heterocycles. The van der Waals surface area contributed by atoms with Crippen molar-refractivity contribution in [3.05, 3.63) is 42.5 Å². The summed E-state index contributed by atoms with van der Waals surface area (Å²) in [6, 6.07) is 13.5. The van der Waals surface area contributed by atoms with Crippen LogP contribution in [0.1, 0.15) is 20.8 Å². The maximum atomic E-state index is 12.2. The maximum Gasteiger partial charge on any atom is 0.243 e. The van der Waals surface area contributed by atoms with Crippen LogP contribution in [-0.2, 0) is 16.1 Å². The normalized spacial score (nSPS) is 12.5. The molecule has 27 heavy (non-hydrogen) atoms. The number of benzene rings is 2. The lowest BCUT2D eigenvalue weighted by molar-refractivity contribution is -0.125. The molecule has 142 valence electrons. The number of hydrogen-bond acceptors (Lipinski definition) is 3. The van der Waals surface area contributed by atoms with Crippen molar-refractivity contribution in [2.24, 2.45) is 11.7 Å². The van der Waals surface area contributed by atoms with Crippen LogP contribution in [0.3, 0.4) is 0 Å². The van der Waals surface area contributed by atoms with Crippen molar-refractivity contribution in [3.8, 4) is 0 Å². The molecule has 3 rings (SSSR count). The second-order valence-corrected chi connectivity index (χ2v) is 7.03. The van der Waals surface area contributed by atoms with Crippen LogP contribution in [0.25, 0.3) is 21.8 Å². The standard InChI is InChI=1S/C21H26N4O2/c1-4-25-17-8-6-5-7-15(17)16-11-14(9-10-18(16)25)24-19(26)12-23-21(27)20(22)13(2)3/h5-11,13,20H,4,12,22H2,1-3H3,(H,23,27)(H,24,26)/t20-/m0/s1. The summed E-state index contributed by atoms with van der Waals surface area (Å²) in [6.45, 7) is 6.62. The number of nitrogens with two attached hydrogens (primary N) is 1. The summed E-state index contributed by atoms with van der Waals surface area (Å²) in [6.07, 6.45) is 0. The van der Waals surface area contributed by atoms with Crippen molar-refractivity contribution in [3.63, 3.8) is 0 Å². The molecule has 0 aliphatic carbocycles. The molecule has 2 amide bonds. The van der Waals surface area contributed by atoms with E-state index in [1.165, 1.54) is 5.52 Å². The first kappa shape index (κ1) is 18.9. The molecule has 1 aromatic heterocycles. The summed E-state index contributed by atoms with van der Waals surface area (Å²) >= 11 is 0. The minimum atomic E-state index is -0.616. The summed E-state index contributed by atoms with van der Waals surface area (Å²) in [5.41, 5.74) is 8.79. The van der Waals surface area contributed by atoms with Gasteiger partial charge in [-0.1, -0.05) is 32.0 Å². The molecule has 0 bridgehead atoms. The van der Waals surface area contributed by atoms with Gasteiger partial charge in [0, 0.05) is 34.0 Å². The highest BCUT2D eigenvalue weighted by Gasteiger charge is 2.17. The number of carbonyl (C=O) groups is 2. The molecule has 3 aromatic rings. The number of amides is 2. The van der Waals surface area contributed by atoms with Crippen LogP contribution >= 0.6 is 0 Å². The Morgan fingerprint density at radius 2 is 1.78 bits per heavy atom. The highest BCUT2D eigenvalue weighted by atomic mass is 16.2. The molecule has 2 aromatic carbocycles. The van der Waals surface area contributed by atoms with Gasteiger partial charge in [-0.2, -0.15) is 0 Å². The summed E-state index contributed by atoms with van der Waals surface area (Å²) in [7, 11) is 0. The van der Waals surface area contributed by atoms with Crippen LogP contribution in [0.15, 0.2) is 42.5 Å². The number of aryl methyl sites for hydroxylation is 1. The van der Waals surface area contributed by atoms with Gasteiger partial charge in [0.2, 0.25) is 11.8 Å². The molecular formula is C21H26N4O2. The quantitative estimate of drug-likeness (QED) is 0.627. The zero-order valence-electron chi connectivity index (χ0n) is 16.0. The largest absolute Gasteiger partial charge is 0.346 e. The molecular weight excluding hydrogens is 340 g/mol. The summed E-state index contributed by atoms with van der Waals surface area (Å²) in [5, 5.41) is 7.68. The number of aromatic nitrogens is 1. The molecule has 0 spiro atoms. The van der Waals surface area contributed by atoms with Gasteiger partial charge in [0.05, 0.1) is 12.6 Å². The van der Waals surface area contributed by atoms with Crippen LogP contribution in [0.2, 0.25) is 0 Å². The first-order valence-corrected chi connectivity index (χ1v) is 9.26. The van der Waals surface area contributed by atoms with Gasteiger partial charge < -0.3 is 20.9 Å². The molecule has 0 aliphatic rings. The van der Waals surface area contributed by atoms with E-state index in [1.54, 1.807) is 0 Å². The predicted octanol–water partition coefficient (Wildman–Crippen LogP) is 2.85. The van der Waals surface area contributed by atoms with Crippen molar-refractivity contribution in [1.29, 1.82) is 0 Å². The van der Waals surface area contributed by atoms with Crippen molar-refractivity contribution in [1.82, 2.24) is 9.88 Å². The summed E-state index contributed by atoms with van der Waals surface area (Å²) < 4.78 is 2.25. The Morgan fingerprint density at radius 3 is 2.48 bits per heavy atom. The zero-order chi connectivity index (χ0) is 19.6. The predicted molar refractivity (Wildman–Crippen MR) is 110 cm³/mol. The fourth-order valence-electron chi connectivity index (χ4n) is 3.27. The van der Waals surface area contributed by atoms with E-state index in [1.807, 2.05) is 44.2 Å². The van der Waals surface area contributed by atoms with E-state index in [9.17, 15) is 9.59 Å². The van der Waals surface area contributed by atoms with Gasteiger partial charge in [0.25, 0.3) is 0 Å². The molecule has 0 saturated heterocycles. The number of para-hydroxylation sites is 1. The maximum absolute atomic E-state index is 12.2. The van der Waals surface area contributed by atoms with Crippen molar-refractivity contribution in [2.45, 2.75) is 33.4 Å². The molecule has 0 saturated carbocycles. The number of hydrogen-bond donors (Lipinski definition) is 3. The smallest absolute Gasteiger partial charge is 0.243 e. The number of nitrogens with one attached hydrogen (secondary N) is 2. The Morgan fingerprint density at radius 1 is 1.07 bits per heavy atom. The zero-order valence-corrected chi connectivity index (χ0v) is 16.0. The van der Waals surface area contributed by atoms with E-state index in [-0.39, 0.29) is 24.3 Å². The van der Waals surface area contributed by atoms with Crippen LogP contribution in [0.4, 0.5) is 5.69 Å². The van der Waals surface area contributed by atoms with Gasteiger partial charge in [0.1, 0.15) is 0 Å². The van der Waals surface area contributed by atoms with Gasteiger partial charge in [-0.3, -0.25) is 9.59 Å². The summed E-state index contributed by atoms with van der Waals surface area (Å²) in [4.78, 5) is 24.1. The lowest BCUT2D eigenvalue weighted by Gasteiger charge is -2.15. The van der Waals surface area contributed by atoms with Gasteiger partial charge >= 0.3 is 0 Å². The van der Waals surface area contributed by atoms with Gasteiger partial charge in [-0.15, -0.1) is 0 Å². The van der Waals surface area contributed by atoms with Crippen molar-refractivity contribution < 1.29 is 9.59 Å². The minimum Gasteiger partial charge on any atom is -0.346 e. The van der Waals surface area contributed by atoms with E-state index in [4.69, 9.17) is 5.73 Å². The lowest BCUT2D eigenvalue weighted by Crippen LogP contribution is -2.46. The van der Waals surface area contributed by atoms with E-state index in [0.29, 0.717) is 5.69 Å². The number of anilines is 1. The third kappa shape index (κ3) is 3.80. The second-order valence-electron chi connectivity index (χ2n) is 7.03. The van der Waals surface area contributed by atoms with E-state index in [0.717, 1.165) is 22.8 Å².